The van der Waals surface area contributed by atoms with Gasteiger partial charge in [-0.05, 0) is 25.0 Å². The second-order valence-electron chi connectivity index (χ2n) is 3.24. The molecule has 0 bridgehead atoms. The molecule has 1 aliphatic rings. The Morgan fingerprint density at radius 2 is 2.31 bits per heavy atom. The molecule has 0 saturated carbocycles. The number of anilines is 2. The summed E-state index contributed by atoms with van der Waals surface area (Å²) in [5.74, 6) is 0.941. The molecule has 1 aliphatic heterocycles. The summed E-state index contributed by atoms with van der Waals surface area (Å²) in [6, 6.07) is 3.82. The van der Waals surface area contributed by atoms with E-state index in [2.05, 4.69) is 5.32 Å². The van der Waals surface area contributed by atoms with Crippen molar-refractivity contribution in [1.29, 1.82) is 0 Å². The van der Waals surface area contributed by atoms with Crippen LogP contribution in [0.2, 0.25) is 0 Å². The Bertz CT molecular complexity index is 323. The predicted molar refractivity (Wildman–Crippen MR) is 54.2 cm³/mol. The molecule has 13 heavy (non-hydrogen) atoms. The highest BCUT2D eigenvalue weighted by Gasteiger charge is 2.15. The number of nitrogens with one attached hydrogen (secondary N) is 1. The molecule has 0 unspecified atom stereocenters. The number of rotatable bonds is 1. The predicted octanol–water partition coefficient (Wildman–Crippen LogP) is 1.64. The summed E-state index contributed by atoms with van der Waals surface area (Å²) in [4.78, 5) is 0. The third-order valence-electron chi connectivity index (χ3n) is 2.43. The van der Waals surface area contributed by atoms with Crippen LogP contribution in [0.3, 0.4) is 0 Å². The van der Waals surface area contributed by atoms with Crippen molar-refractivity contribution in [3.63, 3.8) is 0 Å². The van der Waals surface area contributed by atoms with Crippen molar-refractivity contribution >= 4 is 11.4 Å². The third kappa shape index (κ3) is 1.30. The monoisotopic (exact) mass is 178 g/mol. The Labute approximate surface area is 77.9 Å². The molecule has 2 rings (SSSR count). The maximum atomic E-state index is 5.85. The van der Waals surface area contributed by atoms with Crippen LogP contribution >= 0.6 is 0 Å². The molecule has 0 radical (unpaired) electrons. The molecule has 3 heteroatoms. The molecule has 0 fully saturated rings. The van der Waals surface area contributed by atoms with E-state index in [0.717, 1.165) is 36.5 Å². The first kappa shape index (κ1) is 8.23. The van der Waals surface area contributed by atoms with E-state index in [4.69, 9.17) is 10.5 Å². The molecule has 3 nitrogen and oxygen atoms in total. The van der Waals surface area contributed by atoms with Crippen molar-refractivity contribution < 1.29 is 4.74 Å². The van der Waals surface area contributed by atoms with Gasteiger partial charge in [0.25, 0.3) is 0 Å². The maximum Gasteiger partial charge on any atom is 0.124 e. The van der Waals surface area contributed by atoms with E-state index in [-0.39, 0.29) is 0 Å². The average molecular weight is 178 g/mol. The van der Waals surface area contributed by atoms with E-state index >= 15 is 0 Å². The summed E-state index contributed by atoms with van der Waals surface area (Å²) in [5, 5.41) is 3.30. The second-order valence-corrected chi connectivity index (χ2v) is 3.24. The number of nitrogen functional groups attached to an aromatic ring is 1. The van der Waals surface area contributed by atoms with Gasteiger partial charge in [0.05, 0.1) is 18.5 Å². The Balaban J connectivity index is 2.52. The summed E-state index contributed by atoms with van der Waals surface area (Å²) >= 11 is 0. The Morgan fingerprint density at radius 3 is 3.08 bits per heavy atom. The Kier molecular flexibility index (Phi) is 2.00. The van der Waals surface area contributed by atoms with Crippen LogP contribution in [0.5, 0.6) is 5.75 Å². The fraction of sp³-hybridized carbons (Fsp3) is 0.400. The van der Waals surface area contributed by atoms with Gasteiger partial charge in [0.2, 0.25) is 0 Å². The molecule has 70 valence electrons. The van der Waals surface area contributed by atoms with Gasteiger partial charge >= 0.3 is 0 Å². The van der Waals surface area contributed by atoms with Gasteiger partial charge in [0, 0.05) is 12.1 Å². The van der Waals surface area contributed by atoms with Crippen LogP contribution in [-0.2, 0) is 6.42 Å². The third-order valence-corrected chi connectivity index (χ3v) is 2.43. The first-order valence-corrected chi connectivity index (χ1v) is 4.52. The topological polar surface area (TPSA) is 47.3 Å². The maximum absolute atomic E-state index is 5.85. The molecule has 0 atom stereocenters. The molecule has 0 aliphatic carbocycles. The van der Waals surface area contributed by atoms with E-state index in [1.54, 1.807) is 7.11 Å². The summed E-state index contributed by atoms with van der Waals surface area (Å²) in [6.45, 7) is 1.00. The summed E-state index contributed by atoms with van der Waals surface area (Å²) in [5.41, 5.74) is 8.94. The number of hydrogen-bond acceptors (Lipinski definition) is 3. The quantitative estimate of drug-likeness (QED) is 0.642. The summed E-state index contributed by atoms with van der Waals surface area (Å²) < 4.78 is 5.27. The number of ether oxygens (including phenoxy) is 1. The van der Waals surface area contributed by atoms with Crippen LogP contribution in [0, 0.1) is 0 Å². The van der Waals surface area contributed by atoms with Crippen LogP contribution in [0.4, 0.5) is 11.4 Å². The number of methoxy groups -OCH3 is 1. The largest absolute Gasteiger partial charge is 0.496 e. The highest BCUT2D eigenvalue weighted by atomic mass is 16.5. The van der Waals surface area contributed by atoms with Crippen LogP contribution in [-0.4, -0.2) is 13.7 Å². The lowest BCUT2D eigenvalue weighted by molar-refractivity contribution is 0.409. The minimum absolute atomic E-state index is 0.815. The van der Waals surface area contributed by atoms with Gasteiger partial charge in [0.1, 0.15) is 5.75 Å². The minimum atomic E-state index is 0.815. The zero-order chi connectivity index (χ0) is 9.26. The fourth-order valence-corrected chi connectivity index (χ4v) is 1.77. The number of nitrogens with two attached hydrogens (primary N) is 1. The lowest BCUT2D eigenvalue weighted by atomic mass is 10.0. The van der Waals surface area contributed by atoms with Crippen molar-refractivity contribution in [1.82, 2.24) is 0 Å². The highest BCUT2D eigenvalue weighted by molar-refractivity contribution is 5.74. The van der Waals surface area contributed by atoms with Crippen LogP contribution < -0.4 is 15.8 Å². The van der Waals surface area contributed by atoms with E-state index in [0.29, 0.717) is 0 Å². The normalized spacial score (nSPS) is 14.5. The van der Waals surface area contributed by atoms with E-state index in [9.17, 15) is 0 Å². The van der Waals surface area contributed by atoms with Crippen LogP contribution in [0.25, 0.3) is 0 Å². The second kappa shape index (κ2) is 3.17. The van der Waals surface area contributed by atoms with Crippen molar-refractivity contribution in [3.05, 3.63) is 17.7 Å². The van der Waals surface area contributed by atoms with Gasteiger partial charge in [-0.15, -0.1) is 0 Å². The molecule has 1 aromatic carbocycles. The number of fused-ring (bicyclic) bond motifs is 1. The molecule has 1 heterocycles. The number of hydrogen-bond donors (Lipinski definition) is 2. The van der Waals surface area contributed by atoms with Gasteiger partial charge < -0.3 is 15.8 Å². The molecule has 0 spiro atoms. The standard InChI is InChI=1S/C10H14N2O/c1-13-9-5-4-8(11)10-7(9)3-2-6-12-10/h4-5,12H,2-3,6,11H2,1H3. The zero-order valence-electron chi connectivity index (χ0n) is 7.76. The first-order chi connectivity index (χ1) is 6.33. The molecule has 0 aromatic heterocycles. The van der Waals surface area contributed by atoms with Gasteiger partial charge in [-0.2, -0.15) is 0 Å². The minimum Gasteiger partial charge on any atom is -0.496 e. The molecule has 1 aromatic rings. The molecule has 0 amide bonds. The van der Waals surface area contributed by atoms with Crippen LogP contribution in [0.15, 0.2) is 12.1 Å². The van der Waals surface area contributed by atoms with Crippen molar-refractivity contribution in [3.8, 4) is 5.75 Å². The van der Waals surface area contributed by atoms with E-state index < -0.39 is 0 Å². The fourth-order valence-electron chi connectivity index (χ4n) is 1.77. The van der Waals surface area contributed by atoms with Crippen molar-refractivity contribution in [2.75, 3.05) is 24.7 Å². The van der Waals surface area contributed by atoms with E-state index in [1.807, 2.05) is 12.1 Å². The SMILES string of the molecule is COc1ccc(N)c2c1CCCN2. The molecular weight excluding hydrogens is 164 g/mol. The van der Waals surface area contributed by atoms with Crippen LogP contribution in [0.1, 0.15) is 12.0 Å². The van der Waals surface area contributed by atoms with Gasteiger partial charge in [0.15, 0.2) is 0 Å². The van der Waals surface area contributed by atoms with E-state index in [1.165, 1.54) is 5.56 Å². The highest BCUT2D eigenvalue weighted by Crippen LogP contribution is 2.34. The zero-order valence-corrected chi connectivity index (χ0v) is 7.76. The molecule has 3 N–H and O–H groups in total. The Morgan fingerprint density at radius 1 is 1.46 bits per heavy atom. The van der Waals surface area contributed by atoms with Crippen molar-refractivity contribution in [2.45, 2.75) is 12.8 Å². The molecular formula is C10H14N2O. The number of benzene rings is 1. The average Bonchev–Trinajstić information content (AvgIpc) is 2.19. The van der Waals surface area contributed by atoms with Crippen molar-refractivity contribution in [2.24, 2.45) is 0 Å². The summed E-state index contributed by atoms with van der Waals surface area (Å²) in [7, 11) is 1.69. The Hall–Kier alpha value is -1.38. The smallest absolute Gasteiger partial charge is 0.124 e. The van der Waals surface area contributed by atoms with Gasteiger partial charge in [-0.3, -0.25) is 0 Å². The lowest BCUT2D eigenvalue weighted by Crippen LogP contribution is -2.14. The lowest BCUT2D eigenvalue weighted by Gasteiger charge is -2.21. The summed E-state index contributed by atoms with van der Waals surface area (Å²) in [6.07, 6.45) is 2.20. The molecule has 0 saturated heterocycles. The van der Waals surface area contributed by atoms with Gasteiger partial charge in [-0.1, -0.05) is 0 Å². The van der Waals surface area contributed by atoms with Gasteiger partial charge in [-0.25, -0.2) is 0 Å². The first-order valence-electron chi connectivity index (χ1n) is 4.52.